The maximum atomic E-state index is 13.8. The molecular formula is C14H20FNO. The van der Waals surface area contributed by atoms with Gasteiger partial charge in [-0.05, 0) is 29.5 Å². The van der Waals surface area contributed by atoms with Gasteiger partial charge in [0, 0.05) is 6.54 Å². The van der Waals surface area contributed by atoms with Crippen molar-refractivity contribution >= 4 is 5.91 Å². The SMILES string of the molecule is CCCNC(=O)c1ccc(C(C)(C)C)cc1F. The van der Waals surface area contributed by atoms with Crippen molar-refractivity contribution in [2.24, 2.45) is 0 Å². The highest BCUT2D eigenvalue weighted by Crippen LogP contribution is 2.23. The third-order valence-electron chi connectivity index (χ3n) is 2.62. The number of benzene rings is 1. The molecule has 1 aromatic carbocycles. The Bertz CT molecular complexity index is 407. The van der Waals surface area contributed by atoms with Crippen molar-refractivity contribution in [2.45, 2.75) is 39.5 Å². The Balaban J connectivity index is 2.94. The third-order valence-corrected chi connectivity index (χ3v) is 2.62. The smallest absolute Gasteiger partial charge is 0.254 e. The highest BCUT2D eigenvalue weighted by molar-refractivity contribution is 5.94. The average Bonchev–Trinajstić information content (AvgIpc) is 2.24. The third kappa shape index (κ3) is 3.55. The first-order chi connectivity index (χ1) is 7.86. The number of carbonyl (C=O) groups is 1. The van der Waals surface area contributed by atoms with Crippen molar-refractivity contribution in [1.29, 1.82) is 0 Å². The molecule has 2 nitrogen and oxygen atoms in total. The fraction of sp³-hybridized carbons (Fsp3) is 0.500. The molecule has 0 radical (unpaired) electrons. The lowest BCUT2D eigenvalue weighted by atomic mass is 9.86. The highest BCUT2D eigenvalue weighted by Gasteiger charge is 2.17. The van der Waals surface area contributed by atoms with Crippen molar-refractivity contribution < 1.29 is 9.18 Å². The van der Waals surface area contributed by atoms with Crippen molar-refractivity contribution in [3.8, 4) is 0 Å². The van der Waals surface area contributed by atoms with Gasteiger partial charge in [0.15, 0.2) is 0 Å². The lowest BCUT2D eigenvalue weighted by Gasteiger charge is -2.19. The quantitative estimate of drug-likeness (QED) is 0.859. The zero-order valence-electron chi connectivity index (χ0n) is 10.9. The molecule has 17 heavy (non-hydrogen) atoms. The molecule has 0 spiro atoms. The fourth-order valence-electron chi connectivity index (χ4n) is 1.50. The lowest BCUT2D eigenvalue weighted by molar-refractivity contribution is 0.0949. The van der Waals surface area contributed by atoms with Gasteiger partial charge in [-0.3, -0.25) is 4.79 Å². The van der Waals surface area contributed by atoms with Crippen LogP contribution < -0.4 is 5.32 Å². The van der Waals surface area contributed by atoms with E-state index in [0.717, 1.165) is 12.0 Å². The monoisotopic (exact) mass is 237 g/mol. The highest BCUT2D eigenvalue weighted by atomic mass is 19.1. The van der Waals surface area contributed by atoms with Crippen molar-refractivity contribution in [3.63, 3.8) is 0 Å². The van der Waals surface area contributed by atoms with Crippen LogP contribution >= 0.6 is 0 Å². The molecule has 1 aromatic rings. The van der Waals surface area contributed by atoms with Gasteiger partial charge in [-0.25, -0.2) is 4.39 Å². The Labute approximate surface area is 102 Å². The summed E-state index contributed by atoms with van der Waals surface area (Å²) in [5.41, 5.74) is 0.896. The lowest BCUT2D eigenvalue weighted by Crippen LogP contribution is -2.25. The van der Waals surface area contributed by atoms with Gasteiger partial charge in [0.25, 0.3) is 5.91 Å². The fourth-order valence-corrected chi connectivity index (χ4v) is 1.50. The van der Waals surface area contributed by atoms with E-state index in [1.165, 1.54) is 6.07 Å². The van der Waals surface area contributed by atoms with Crippen LogP contribution in [0.3, 0.4) is 0 Å². The summed E-state index contributed by atoms with van der Waals surface area (Å²) < 4.78 is 13.8. The van der Waals surface area contributed by atoms with E-state index in [-0.39, 0.29) is 16.9 Å². The van der Waals surface area contributed by atoms with E-state index in [1.54, 1.807) is 6.07 Å². The summed E-state index contributed by atoms with van der Waals surface area (Å²) in [5, 5.41) is 2.67. The van der Waals surface area contributed by atoms with Crippen LogP contribution in [0.15, 0.2) is 18.2 Å². The van der Waals surface area contributed by atoms with Crippen LogP contribution in [0.2, 0.25) is 0 Å². The van der Waals surface area contributed by atoms with Crippen molar-refractivity contribution in [3.05, 3.63) is 35.1 Å². The molecule has 1 N–H and O–H groups in total. The van der Waals surface area contributed by atoms with Gasteiger partial charge >= 0.3 is 0 Å². The second kappa shape index (κ2) is 5.30. The summed E-state index contributed by atoms with van der Waals surface area (Å²) in [5.74, 6) is -0.796. The van der Waals surface area contributed by atoms with Crippen LogP contribution in [0.25, 0.3) is 0 Å². The molecule has 0 saturated carbocycles. The Morgan fingerprint density at radius 3 is 2.47 bits per heavy atom. The molecular weight excluding hydrogens is 217 g/mol. The van der Waals surface area contributed by atoms with Crippen LogP contribution in [0.1, 0.15) is 50.0 Å². The molecule has 0 atom stereocenters. The average molecular weight is 237 g/mol. The van der Waals surface area contributed by atoms with Crippen LogP contribution in [0.4, 0.5) is 4.39 Å². The maximum Gasteiger partial charge on any atom is 0.254 e. The van der Waals surface area contributed by atoms with Crippen molar-refractivity contribution in [1.82, 2.24) is 5.32 Å². The van der Waals surface area contributed by atoms with E-state index in [2.05, 4.69) is 5.32 Å². The van der Waals surface area contributed by atoms with Crippen molar-refractivity contribution in [2.75, 3.05) is 6.54 Å². The number of carbonyl (C=O) groups excluding carboxylic acids is 1. The van der Waals surface area contributed by atoms with E-state index < -0.39 is 5.82 Å². The van der Waals surface area contributed by atoms with Gasteiger partial charge in [0.2, 0.25) is 0 Å². The summed E-state index contributed by atoms with van der Waals surface area (Å²) in [6, 6.07) is 4.81. The van der Waals surface area contributed by atoms with Crippen LogP contribution in [0, 0.1) is 5.82 Å². The summed E-state index contributed by atoms with van der Waals surface area (Å²) in [6.07, 6.45) is 0.841. The number of hydrogen-bond acceptors (Lipinski definition) is 1. The summed E-state index contributed by atoms with van der Waals surface area (Å²) >= 11 is 0. The molecule has 0 aliphatic heterocycles. The Hall–Kier alpha value is -1.38. The molecule has 0 aliphatic rings. The summed E-state index contributed by atoms with van der Waals surface area (Å²) in [4.78, 5) is 11.6. The predicted octanol–water partition coefficient (Wildman–Crippen LogP) is 3.26. The number of amides is 1. The van der Waals surface area contributed by atoms with Crippen LogP contribution in [0.5, 0.6) is 0 Å². The molecule has 94 valence electrons. The van der Waals surface area contributed by atoms with Crippen LogP contribution in [-0.2, 0) is 5.41 Å². The molecule has 0 saturated heterocycles. The first kappa shape index (κ1) is 13.7. The largest absolute Gasteiger partial charge is 0.352 e. The van der Waals surface area contributed by atoms with Gasteiger partial charge in [-0.1, -0.05) is 33.8 Å². The standard InChI is InChI=1S/C14H20FNO/c1-5-8-16-13(17)11-7-6-10(9-12(11)15)14(2,3)4/h6-7,9H,5,8H2,1-4H3,(H,16,17). The normalized spacial score (nSPS) is 11.4. The van der Waals surface area contributed by atoms with Gasteiger partial charge in [0.05, 0.1) is 5.56 Å². The van der Waals surface area contributed by atoms with Gasteiger partial charge < -0.3 is 5.32 Å². The van der Waals surface area contributed by atoms with E-state index in [1.807, 2.05) is 33.8 Å². The van der Waals surface area contributed by atoms with Crippen LogP contribution in [-0.4, -0.2) is 12.5 Å². The predicted molar refractivity (Wildman–Crippen MR) is 67.7 cm³/mol. The minimum atomic E-state index is -0.453. The first-order valence-corrected chi connectivity index (χ1v) is 5.94. The zero-order valence-corrected chi connectivity index (χ0v) is 10.9. The van der Waals surface area contributed by atoms with E-state index >= 15 is 0 Å². The van der Waals surface area contributed by atoms with E-state index in [9.17, 15) is 9.18 Å². The summed E-state index contributed by atoms with van der Waals surface area (Å²) in [7, 11) is 0. The second-order valence-corrected chi connectivity index (χ2v) is 5.20. The number of nitrogens with one attached hydrogen (secondary N) is 1. The Morgan fingerprint density at radius 2 is 2.00 bits per heavy atom. The van der Waals surface area contributed by atoms with Gasteiger partial charge in [-0.15, -0.1) is 0 Å². The van der Waals surface area contributed by atoms with E-state index in [4.69, 9.17) is 0 Å². The summed E-state index contributed by atoms with van der Waals surface area (Å²) in [6.45, 7) is 8.56. The number of halogens is 1. The molecule has 0 fully saturated rings. The minimum Gasteiger partial charge on any atom is -0.352 e. The molecule has 3 heteroatoms. The zero-order chi connectivity index (χ0) is 13.1. The Morgan fingerprint density at radius 1 is 1.35 bits per heavy atom. The first-order valence-electron chi connectivity index (χ1n) is 5.94. The topological polar surface area (TPSA) is 29.1 Å². The molecule has 0 heterocycles. The molecule has 1 amide bonds. The molecule has 0 aromatic heterocycles. The second-order valence-electron chi connectivity index (χ2n) is 5.20. The molecule has 0 bridgehead atoms. The van der Waals surface area contributed by atoms with E-state index in [0.29, 0.717) is 6.54 Å². The molecule has 1 rings (SSSR count). The maximum absolute atomic E-state index is 13.8. The molecule has 0 aliphatic carbocycles. The van der Waals surface area contributed by atoms with Gasteiger partial charge in [-0.2, -0.15) is 0 Å². The number of rotatable bonds is 3. The van der Waals surface area contributed by atoms with Gasteiger partial charge in [0.1, 0.15) is 5.82 Å². The number of hydrogen-bond donors (Lipinski definition) is 1. The Kier molecular flexibility index (Phi) is 4.27. The molecule has 0 unspecified atom stereocenters. The minimum absolute atomic E-state index is 0.112.